The highest BCUT2D eigenvalue weighted by atomic mass is 15.4. The van der Waals surface area contributed by atoms with Crippen LogP contribution in [0.5, 0.6) is 0 Å². The second-order valence-corrected chi connectivity index (χ2v) is 7.54. The van der Waals surface area contributed by atoms with Crippen LogP contribution in [0, 0.1) is 36.5 Å². The molecule has 11 heteroatoms. The van der Waals surface area contributed by atoms with E-state index >= 15 is 0 Å². The number of nitriles is 2. The Morgan fingerprint density at radius 3 is 2.37 bits per heavy atom. The Labute approximate surface area is 202 Å². The molecule has 0 saturated carbocycles. The summed E-state index contributed by atoms with van der Waals surface area (Å²) in [6.45, 7) is 3.80. The van der Waals surface area contributed by atoms with Crippen LogP contribution in [0.15, 0.2) is 59.2 Å². The van der Waals surface area contributed by atoms with Crippen molar-refractivity contribution in [3.63, 3.8) is 0 Å². The second kappa shape index (κ2) is 9.77. The molecule has 1 N–H and O–H groups in total. The summed E-state index contributed by atoms with van der Waals surface area (Å²) in [5.74, 6) is 1.33. The van der Waals surface area contributed by atoms with Gasteiger partial charge in [0, 0.05) is 37.7 Å². The Kier molecular flexibility index (Phi) is 6.42. The summed E-state index contributed by atoms with van der Waals surface area (Å²) in [5, 5.41) is 35.4. The van der Waals surface area contributed by atoms with E-state index in [4.69, 9.17) is 0 Å². The van der Waals surface area contributed by atoms with E-state index in [0.29, 0.717) is 28.5 Å². The average Bonchev–Trinajstić information content (AvgIpc) is 3.31. The Morgan fingerprint density at radius 1 is 1.03 bits per heavy atom. The molecule has 0 radical (unpaired) electrons. The smallest absolute Gasteiger partial charge is 0.252 e. The van der Waals surface area contributed by atoms with E-state index in [-0.39, 0.29) is 17.3 Å². The molecule has 0 aliphatic rings. The number of azo groups is 1. The molecule has 4 rings (SSSR count). The maximum Gasteiger partial charge on any atom is 0.252 e. The molecule has 0 aliphatic heterocycles. The number of aryl methyl sites for hydroxylation is 1. The van der Waals surface area contributed by atoms with E-state index in [9.17, 15) is 10.5 Å². The number of rotatable bonds is 6. The van der Waals surface area contributed by atoms with Gasteiger partial charge >= 0.3 is 0 Å². The highest BCUT2D eigenvalue weighted by molar-refractivity contribution is 5.77. The molecule has 172 valence electrons. The topological polar surface area (TPSA) is 144 Å². The van der Waals surface area contributed by atoms with Gasteiger partial charge in [-0.25, -0.2) is 15.0 Å². The number of aromatic nitrogens is 5. The maximum atomic E-state index is 9.97. The molecular formula is C24H21N11. The summed E-state index contributed by atoms with van der Waals surface area (Å²) < 4.78 is 1.33. The fourth-order valence-electron chi connectivity index (χ4n) is 3.40. The van der Waals surface area contributed by atoms with Crippen LogP contribution in [0.1, 0.15) is 22.3 Å². The summed E-state index contributed by atoms with van der Waals surface area (Å²) >= 11 is 0. The molecule has 0 aliphatic carbocycles. The number of hydrogen-bond acceptors (Lipinski definition) is 10. The number of benzene rings is 1. The predicted molar refractivity (Wildman–Crippen MR) is 131 cm³/mol. The van der Waals surface area contributed by atoms with Gasteiger partial charge in [-0.2, -0.15) is 20.3 Å². The number of pyridine rings is 1. The molecule has 3 heterocycles. The van der Waals surface area contributed by atoms with Gasteiger partial charge in [0.15, 0.2) is 17.5 Å². The fraction of sp³-hybridized carbons (Fsp3) is 0.167. The van der Waals surface area contributed by atoms with Gasteiger partial charge in [-0.15, -0.1) is 10.2 Å². The molecular weight excluding hydrogens is 442 g/mol. The molecule has 0 spiro atoms. The maximum absolute atomic E-state index is 9.97. The monoisotopic (exact) mass is 463 g/mol. The van der Waals surface area contributed by atoms with Crippen LogP contribution in [0.25, 0.3) is 5.95 Å². The molecule has 0 fully saturated rings. The number of nitrogens with one attached hydrogen (secondary N) is 1. The third-order valence-corrected chi connectivity index (χ3v) is 5.33. The SMILES string of the molecule is CNc1nc(N(C)c2ccc(C)cc2)c(C#N)c(C)c1N=Nc1c(C#N)cnn1-c1ncccn1. The van der Waals surface area contributed by atoms with Crippen LogP contribution < -0.4 is 10.2 Å². The predicted octanol–water partition coefficient (Wildman–Crippen LogP) is 4.64. The van der Waals surface area contributed by atoms with Crippen molar-refractivity contribution in [1.29, 1.82) is 10.5 Å². The molecule has 1 aromatic carbocycles. The van der Waals surface area contributed by atoms with Crippen LogP contribution in [0.4, 0.5) is 28.8 Å². The first-order valence-electron chi connectivity index (χ1n) is 10.6. The van der Waals surface area contributed by atoms with Crippen LogP contribution >= 0.6 is 0 Å². The van der Waals surface area contributed by atoms with E-state index in [2.05, 4.69) is 47.7 Å². The van der Waals surface area contributed by atoms with Gasteiger partial charge in [0.05, 0.1) is 6.20 Å². The zero-order chi connectivity index (χ0) is 24.9. The molecule has 3 aromatic heterocycles. The average molecular weight is 464 g/mol. The largest absolute Gasteiger partial charge is 0.371 e. The Bertz CT molecular complexity index is 1470. The van der Waals surface area contributed by atoms with Gasteiger partial charge in [0.2, 0.25) is 0 Å². The van der Waals surface area contributed by atoms with Gasteiger partial charge in [0.25, 0.3) is 5.95 Å². The van der Waals surface area contributed by atoms with Crippen LogP contribution in [-0.4, -0.2) is 38.8 Å². The van der Waals surface area contributed by atoms with Crippen molar-refractivity contribution in [2.24, 2.45) is 10.2 Å². The summed E-state index contributed by atoms with van der Waals surface area (Å²) in [6.07, 6.45) is 4.49. The molecule has 0 bridgehead atoms. The van der Waals surface area contributed by atoms with E-state index in [1.54, 1.807) is 32.4 Å². The molecule has 0 saturated heterocycles. The molecule has 0 atom stereocenters. The first-order chi connectivity index (χ1) is 17.0. The van der Waals surface area contributed by atoms with Gasteiger partial charge in [-0.05, 0) is 32.0 Å². The van der Waals surface area contributed by atoms with Crippen LogP contribution in [0.3, 0.4) is 0 Å². The second-order valence-electron chi connectivity index (χ2n) is 7.54. The highest BCUT2D eigenvalue weighted by Gasteiger charge is 2.21. The standard InChI is InChI=1S/C24H21N11/c1-15-6-8-18(9-7-15)34(4)23-19(13-26)16(2)20(21(27-3)31-23)32-33-22-17(12-25)14-30-35(22)24-28-10-5-11-29-24/h5-11,14H,1-4H3,(H,27,31). The minimum Gasteiger partial charge on any atom is -0.371 e. The first kappa shape index (κ1) is 23.0. The Hall–Kier alpha value is -5.16. The number of anilines is 3. The fourth-order valence-corrected chi connectivity index (χ4v) is 3.40. The van der Waals surface area contributed by atoms with E-state index in [0.717, 1.165) is 11.3 Å². The van der Waals surface area contributed by atoms with Gasteiger partial charge in [-0.1, -0.05) is 17.7 Å². The van der Waals surface area contributed by atoms with Crippen LogP contribution in [0.2, 0.25) is 0 Å². The van der Waals surface area contributed by atoms with Gasteiger partial charge in [-0.3, -0.25) is 0 Å². The summed E-state index contributed by atoms with van der Waals surface area (Å²) in [4.78, 5) is 14.8. The van der Waals surface area contributed by atoms with Crippen LogP contribution in [-0.2, 0) is 0 Å². The van der Waals surface area contributed by atoms with Crippen molar-refractivity contribution in [3.8, 4) is 18.1 Å². The molecule has 0 amide bonds. The van der Waals surface area contributed by atoms with Crippen molar-refractivity contribution in [3.05, 3.63) is 71.2 Å². The van der Waals surface area contributed by atoms with E-state index in [1.165, 1.54) is 10.9 Å². The summed E-state index contributed by atoms with van der Waals surface area (Å²) in [7, 11) is 3.57. The van der Waals surface area contributed by atoms with Crippen molar-refractivity contribution < 1.29 is 0 Å². The highest BCUT2D eigenvalue weighted by Crippen LogP contribution is 2.37. The lowest BCUT2D eigenvalue weighted by atomic mass is 10.1. The zero-order valence-electron chi connectivity index (χ0n) is 19.6. The third-order valence-electron chi connectivity index (χ3n) is 5.33. The first-order valence-corrected chi connectivity index (χ1v) is 10.6. The third kappa shape index (κ3) is 4.38. The summed E-state index contributed by atoms with van der Waals surface area (Å²) in [6, 6.07) is 13.9. The normalized spacial score (nSPS) is 10.7. The van der Waals surface area contributed by atoms with Crippen molar-refractivity contribution >= 4 is 28.8 Å². The molecule has 11 nitrogen and oxygen atoms in total. The van der Waals surface area contributed by atoms with Crippen molar-refractivity contribution in [2.75, 3.05) is 24.3 Å². The number of hydrogen-bond donors (Lipinski definition) is 1. The lowest BCUT2D eigenvalue weighted by molar-refractivity contribution is 0.803. The summed E-state index contributed by atoms with van der Waals surface area (Å²) in [5.41, 5.74) is 3.55. The zero-order valence-corrected chi connectivity index (χ0v) is 19.6. The van der Waals surface area contributed by atoms with Crippen molar-refractivity contribution in [1.82, 2.24) is 24.7 Å². The minimum atomic E-state index is 0.166. The lowest BCUT2D eigenvalue weighted by Crippen LogP contribution is -2.15. The molecule has 35 heavy (non-hydrogen) atoms. The Balaban J connectivity index is 1.81. The van der Waals surface area contributed by atoms with E-state index < -0.39 is 0 Å². The van der Waals surface area contributed by atoms with Gasteiger partial charge in [0.1, 0.15) is 29.0 Å². The van der Waals surface area contributed by atoms with Gasteiger partial charge < -0.3 is 10.2 Å². The van der Waals surface area contributed by atoms with Crippen molar-refractivity contribution in [2.45, 2.75) is 13.8 Å². The molecule has 0 unspecified atom stereocenters. The van der Waals surface area contributed by atoms with E-state index in [1.807, 2.05) is 43.1 Å². The quantitative estimate of drug-likeness (QED) is 0.407. The lowest BCUT2D eigenvalue weighted by Gasteiger charge is -2.22. The number of nitrogens with zero attached hydrogens (tertiary/aromatic N) is 10. The molecule has 4 aromatic rings. The minimum absolute atomic E-state index is 0.166. The Morgan fingerprint density at radius 2 is 1.74 bits per heavy atom.